The number of hydrogen-bond acceptors (Lipinski definition) is 5. The van der Waals surface area contributed by atoms with E-state index in [1.54, 1.807) is 21.3 Å². The third kappa shape index (κ3) is 3.10. The van der Waals surface area contributed by atoms with E-state index < -0.39 is 0 Å². The first kappa shape index (κ1) is 14.8. The number of nitrogens with two attached hydrogens (primary N) is 1. The lowest BCUT2D eigenvalue weighted by molar-refractivity contribution is 0.324. The molecular weight excluding hydrogens is 256 g/mol. The van der Waals surface area contributed by atoms with E-state index in [-0.39, 0.29) is 6.04 Å². The van der Waals surface area contributed by atoms with E-state index in [9.17, 15) is 0 Å². The zero-order valence-corrected chi connectivity index (χ0v) is 12.4. The molecule has 0 radical (unpaired) electrons. The first-order valence-corrected chi connectivity index (χ1v) is 7.01. The Bertz CT molecular complexity index is 426. The second kappa shape index (κ2) is 6.70. The Morgan fingerprint density at radius 3 is 2.10 bits per heavy atom. The fraction of sp³-hybridized carbons (Fsp3) is 0.600. The molecule has 1 aromatic carbocycles. The number of methoxy groups -OCH3 is 3. The van der Waals surface area contributed by atoms with Crippen LogP contribution >= 0.6 is 0 Å². The van der Waals surface area contributed by atoms with Gasteiger partial charge in [0.2, 0.25) is 5.75 Å². The Kier molecular flexibility index (Phi) is 4.95. The largest absolute Gasteiger partial charge is 0.493 e. The summed E-state index contributed by atoms with van der Waals surface area (Å²) in [6, 6.07) is 4.33. The van der Waals surface area contributed by atoms with Crippen LogP contribution in [-0.4, -0.2) is 33.4 Å². The van der Waals surface area contributed by atoms with Crippen LogP contribution in [0, 0.1) is 0 Å². The van der Waals surface area contributed by atoms with Gasteiger partial charge in [0, 0.05) is 29.9 Å². The summed E-state index contributed by atoms with van der Waals surface area (Å²) in [5, 5.41) is 3.49. The molecule has 0 saturated heterocycles. The highest BCUT2D eigenvalue weighted by Gasteiger charge is 2.22. The number of rotatable bonds is 5. The molecule has 1 saturated carbocycles. The Morgan fingerprint density at radius 2 is 1.60 bits per heavy atom. The fourth-order valence-electron chi connectivity index (χ4n) is 2.72. The number of ether oxygens (including phenoxy) is 3. The molecule has 0 amide bonds. The molecule has 20 heavy (non-hydrogen) atoms. The van der Waals surface area contributed by atoms with Crippen molar-refractivity contribution in [2.24, 2.45) is 5.73 Å². The van der Waals surface area contributed by atoms with Gasteiger partial charge in [0.1, 0.15) is 0 Å². The van der Waals surface area contributed by atoms with E-state index in [1.807, 2.05) is 12.1 Å². The van der Waals surface area contributed by atoms with E-state index >= 15 is 0 Å². The Hall–Kier alpha value is -1.62. The lowest BCUT2D eigenvalue weighted by atomic mass is 9.91. The molecule has 1 fully saturated rings. The monoisotopic (exact) mass is 280 g/mol. The minimum Gasteiger partial charge on any atom is -0.493 e. The second-order valence-corrected chi connectivity index (χ2v) is 5.11. The fourth-order valence-corrected chi connectivity index (χ4v) is 2.72. The van der Waals surface area contributed by atoms with Crippen molar-refractivity contribution in [2.75, 3.05) is 26.6 Å². The highest BCUT2D eigenvalue weighted by atomic mass is 16.5. The highest BCUT2D eigenvalue weighted by Crippen LogP contribution is 2.40. The van der Waals surface area contributed by atoms with Crippen molar-refractivity contribution < 1.29 is 14.2 Å². The summed E-state index contributed by atoms with van der Waals surface area (Å²) < 4.78 is 16.0. The molecule has 5 heteroatoms. The smallest absolute Gasteiger partial charge is 0.203 e. The van der Waals surface area contributed by atoms with Crippen LogP contribution in [0.5, 0.6) is 17.2 Å². The van der Waals surface area contributed by atoms with Gasteiger partial charge in [0.05, 0.1) is 21.3 Å². The summed E-state index contributed by atoms with van der Waals surface area (Å²) in [5.74, 6) is 1.91. The maximum atomic E-state index is 6.17. The van der Waals surface area contributed by atoms with Crippen molar-refractivity contribution in [1.29, 1.82) is 0 Å². The van der Waals surface area contributed by atoms with Crippen LogP contribution in [0.4, 0.5) is 5.69 Å². The molecule has 5 nitrogen and oxygen atoms in total. The summed E-state index contributed by atoms with van der Waals surface area (Å²) in [6.07, 6.45) is 4.60. The van der Waals surface area contributed by atoms with Gasteiger partial charge in [-0.05, 0) is 12.8 Å². The van der Waals surface area contributed by atoms with Crippen molar-refractivity contribution in [3.05, 3.63) is 12.1 Å². The van der Waals surface area contributed by atoms with Gasteiger partial charge in [0.15, 0.2) is 11.5 Å². The SMILES string of the molecule is COc1cc(N[C@@H]2CCCC[C@@H]2N)cc(OC)c1OC. The molecule has 0 spiro atoms. The van der Waals surface area contributed by atoms with Gasteiger partial charge in [-0.15, -0.1) is 0 Å². The van der Waals surface area contributed by atoms with Crippen LogP contribution in [-0.2, 0) is 0 Å². The molecule has 112 valence electrons. The van der Waals surface area contributed by atoms with E-state index in [4.69, 9.17) is 19.9 Å². The minimum atomic E-state index is 0.197. The normalized spacial score (nSPS) is 22.2. The molecule has 1 aromatic rings. The molecule has 0 aliphatic heterocycles. The second-order valence-electron chi connectivity index (χ2n) is 5.11. The lowest BCUT2D eigenvalue weighted by Gasteiger charge is -2.30. The minimum absolute atomic E-state index is 0.197. The van der Waals surface area contributed by atoms with E-state index in [0.29, 0.717) is 23.3 Å². The average Bonchev–Trinajstić information content (AvgIpc) is 2.48. The summed E-state index contributed by atoms with van der Waals surface area (Å²) in [4.78, 5) is 0. The molecule has 2 rings (SSSR count). The van der Waals surface area contributed by atoms with Gasteiger partial charge in [-0.1, -0.05) is 12.8 Å². The summed E-state index contributed by atoms with van der Waals surface area (Å²) in [5.41, 5.74) is 7.12. The van der Waals surface area contributed by atoms with Crippen LogP contribution in [0.15, 0.2) is 12.1 Å². The van der Waals surface area contributed by atoms with E-state index in [1.165, 1.54) is 12.8 Å². The molecule has 0 heterocycles. The molecule has 0 bridgehead atoms. The average molecular weight is 280 g/mol. The summed E-state index contributed by atoms with van der Waals surface area (Å²) in [6.45, 7) is 0. The van der Waals surface area contributed by atoms with Gasteiger partial charge in [-0.3, -0.25) is 0 Å². The van der Waals surface area contributed by atoms with Crippen LogP contribution < -0.4 is 25.3 Å². The van der Waals surface area contributed by atoms with Crippen molar-refractivity contribution in [3.63, 3.8) is 0 Å². The van der Waals surface area contributed by atoms with Gasteiger partial charge in [-0.2, -0.15) is 0 Å². The molecule has 2 atom stereocenters. The number of benzene rings is 1. The lowest BCUT2D eigenvalue weighted by Crippen LogP contribution is -2.42. The molecule has 0 aromatic heterocycles. The zero-order chi connectivity index (χ0) is 14.5. The van der Waals surface area contributed by atoms with Crippen LogP contribution in [0.3, 0.4) is 0 Å². The van der Waals surface area contributed by atoms with Gasteiger partial charge >= 0.3 is 0 Å². The summed E-state index contributed by atoms with van der Waals surface area (Å²) >= 11 is 0. The Morgan fingerprint density at radius 1 is 1.00 bits per heavy atom. The van der Waals surface area contributed by atoms with Gasteiger partial charge < -0.3 is 25.3 Å². The third-order valence-corrected chi connectivity index (χ3v) is 3.84. The standard InChI is InChI=1S/C15H24N2O3/c1-18-13-8-10(9-14(19-2)15(13)20-3)17-12-7-5-4-6-11(12)16/h8-9,11-12,17H,4-7,16H2,1-3H3/t11-,12+/m0/s1. The van der Waals surface area contributed by atoms with Crippen molar-refractivity contribution in [2.45, 2.75) is 37.8 Å². The van der Waals surface area contributed by atoms with Crippen molar-refractivity contribution >= 4 is 5.69 Å². The predicted molar refractivity (Wildman–Crippen MR) is 80.0 cm³/mol. The Labute approximate surface area is 120 Å². The van der Waals surface area contributed by atoms with E-state index in [2.05, 4.69) is 5.32 Å². The van der Waals surface area contributed by atoms with Crippen molar-refractivity contribution in [3.8, 4) is 17.2 Å². The molecule has 1 aliphatic rings. The predicted octanol–water partition coefficient (Wildman–Crippen LogP) is 2.39. The maximum absolute atomic E-state index is 6.17. The molecular formula is C15H24N2O3. The van der Waals surface area contributed by atoms with Crippen LogP contribution in [0.25, 0.3) is 0 Å². The van der Waals surface area contributed by atoms with Crippen LogP contribution in [0.1, 0.15) is 25.7 Å². The van der Waals surface area contributed by atoms with Crippen molar-refractivity contribution in [1.82, 2.24) is 0 Å². The quantitative estimate of drug-likeness (QED) is 0.867. The summed E-state index contributed by atoms with van der Waals surface area (Å²) in [7, 11) is 4.84. The first-order valence-electron chi connectivity index (χ1n) is 7.01. The Balaban J connectivity index is 2.23. The number of anilines is 1. The number of nitrogens with one attached hydrogen (secondary N) is 1. The first-order chi connectivity index (χ1) is 9.69. The highest BCUT2D eigenvalue weighted by molar-refractivity contribution is 5.62. The molecule has 1 aliphatic carbocycles. The maximum Gasteiger partial charge on any atom is 0.203 e. The van der Waals surface area contributed by atoms with Crippen LogP contribution in [0.2, 0.25) is 0 Å². The van der Waals surface area contributed by atoms with Gasteiger partial charge in [-0.25, -0.2) is 0 Å². The number of hydrogen-bond donors (Lipinski definition) is 2. The third-order valence-electron chi connectivity index (χ3n) is 3.84. The van der Waals surface area contributed by atoms with Gasteiger partial charge in [0.25, 0.3) is 0 Å². The molecule has 0 unspecified atom stereocenters. The molecule has 3 N–H and O–H groups in total. The van der Waals surface area contributed by atoms with E-state index in [0.717, 1.165) is 18.5 Å². The zero-order valence-electron chi connectivity index (χ0n) is 12.4. The topological polar surface area (TPSA) is 65.7 Å².